The Morgan fingerprint density at radius 3 is 2.68 bits per heavy atom. The standard InChI is InChI=1S/C20H19NO4/c1-12(2)20(23)25-18-11-16-13(10-17(18)24-3)8-14(19(16)22)9-15-6-4-5-7-21-15/h4-7,9-12H,8H2,1-3H3/b14-9-. The highest BCUT2D eigenvalue weighted by molar-refractivity contribution is 6.15. The molecule has 128 valence electrons. The lowest BCUT2D eigenvalue weighted by atomic mass is 10.1. The number of aromatic nitrogens is 1. The zero-order valence-corrected chi connectivity index (χ0v) is 14.4. The molecule has 0 fully saturated rings. The molecule has 2 aromatic rings. The molecular formula is C20H19NO4. The van der Waals surface area contributed by atoms with Crippen LogP contribution in [0, 0.1) is 5.92 Å². The van der Waals surface area contributed by atoms with Gasteiger partial charge in [0.1, 0.15) is 0 Å². The van der Waals surface area contributed by atoms with Gasteiger partial charge >= 0.3 is 5.97 Å². The molecule has 0 bridgehead atoms. The van der Waals surface area contributed by atoms with E-state index in [0.29, 0.717) is 23.3 Å². The summed E-state index contributed by atoms with van der Waals surface area (Å²) in [4.78, 5) is 28.8. The highest BCUT2D eigenvalue weighted by Crippen LogP contribution is 2.37. The molecule has 0 radical (unpaired) electrons. The summed E-state index contributed by atoms with van der Waals surface area (Å²) in [5.41, 5.74) is 2.78. The minimum Gasteiger partial charge on any atom is -0.493 e. The summed E-state index contributed by atoms with van der Waals surface area (Å²) in [5, 5.41) is 0. The van der Waals surface area contributed by atoms with Crippen LogP contribution in [0.1, 0.15) is 35.5 Å². The number of carbonyl (C=O) groups excluding carboxylic acids is 2. The number of hydrogen-bond acceptors (Lipinski definition) is 5. The number of esters is 1. The third-order valence-electron chi connectivity index (χ3n) is 4.00. The van der Waals surface area contributed by atoms with Crippen molar-refractivity contribution in [2.75, 3.05) is 7.11 Å². The number of pyridine rings is 1. The first kappa shape index (κ1) is 16.9. The molecule has 25 heavy (non-hydrogen) atoms. The van der Waals surface area contributed by atoms with Crippen molar-refractivity contribution in [3.05, 3.63) is 58.9 Å². The maximum Gasteiger partial charge on any atom is 0.313 e. The molecule has 1 aliphatic rings. The Labute approximate surface area is 146 Å². The summed E-state index contributed by atoms with van der Waals surface area (Å²) in [5.74, 6) is -0.00149. The van der Waals surface area contributed by atoms with Crippen LogP contribution in [0.3, 0.4) is 0 Å². The van der Waals surface area contributed by atoms with E-state index in [0.717, 1.165) is 11.3 Å². The monoisotopic (exact) mass is 337 g/mol. The van der Waals surface area contributed by atoms with Gasteiger partial charge in [-0.05, 0) is 35.9 Å². The minimum atomic E-state index is -0.368. The van der Waals surface area contributed by atoms with Gasteiger partial charge in [0.2, 0.25) is 0 Å². The summed E-state index contributed by atoms with van der Waals surface area (Å²) in [6, 6.07) is 8.90. The van der Waals surface area contributed by atoms with E-state index in [4.69, 9.17) is 9.47 Å². The quantitative estimate of drug-likeness (QED) is 0.485. The number of Topliss-reactive ketones (excluding diaryl/α,β-unsaturated/α-hetero) is 1. The van der Waals surface area contributed by atoms with Gasteiger partial charge in [0.05, 0.1) is 18.7 Å². The van der Waals surface area contributed by atoms with Gasteiger partial charge in [0, 0.05) is 23.8 Å². The molecule has 0 amide bonds. The number of methoxy groups -OCH3 is 1. The Hall–Kier alpha value is -2.95. The summed E-state index contributed by atoms with van der Waals surface area (Å²) in [6.07, 6.45) is 3.97. The summed E-state index contributed by atoms with van der Waals surface area (Å²) < 4.78 is 10.7. The number of ether oxygens (including phenoxy) is 2. The molecular weight excluding hydrogens is 318 g/mol. The van der Waals surface area contributed by atoms with Gasteiger partial charge in [-0.1, -0.05) is 19.9 Å². The van der Waals surface area contributed by atoms with Crippen LogP contribution in [0.15, 0.2) is 42.1 Å². The Kier molecular flexibility index (Phi) is 4.65. The van der Waals surface area contributed by atoms with E-state index in [1.165, 1.54) is 7.11 Å². The number of ketones is 1. The Morgan fingerprint density at radius 2 is 2.04 bits per heavy atom. The smallest absolute Gasteiger partial charge is 0.313 e. The second-order valence-corrected chi connectivity index (χ2v) is 6.17. The van der Waals surface area contributed by atoms with Crippen LogP contribution in [0.4, 0.5) is 0 Å². The van der Waals surface area contributed by atoms with Crippen LogP contribution in [-0.2, 0) is 11.2 Å². The first-order valence-electron chi connectivity index (χ1n) is 8.08. The SMILES string of the molecule is COc1cc2c(cc1OC(=O)C(C)C)C(=O)/C(=C\c1ccccn1)C2. The average Bonchev–Trinajstić information content (AvgIpc) is 2.90. The average molecular weight is 337 g/mol. The molecule has 3 rings (SSSR count). The van der Waals surface area contributed by atoms with Crippen LogP contribution in [0.25, 0.3) is 6.08 Å². The third kappa shape index (κ3) is 3.45. The molecule has 1 aliphatic carbocycles. The molecule has 1 heterocycles. The first-order chi connectivity index (χ1) is 12.0. The van der Waals surface area contributed by atoms with Crippen LogP contribution in [-0.4, -0.2) is 23.8 Å². The molecule has 0 saturated carbocycles. The van der Waals surface area contributed by atoms with Crippen LogP contribution in [0.5, 0.6) is 11.5 Å². The van der Waals surface area contributed by atoms with Gasteiger partial charge in [0.25, 0.3) is 0 Å². The molecule has 0 atom stereocenters. The lowest BCUT2D eigenvalue weighted by Gasteiger charge is -2.12. The van der Waals surface area contributed by atoms with E-state index in [1.54, 1.807) is 38.3 Å². The predicted molar refractivity (Wildman–Crippen MR) is 93.7 cm³/mol. The largest absolute Gasteiger partial charge is 0.493 e. The van der Waals surface area contributed by atoms with E-state index in [2.05, 4.69) is 4.98 Å². The number of hydrogen-bond donors (Lipinski definition) is 0. The Balaban J connectivity index is 1.95. The molecule has 1 aromatic carbocycles. The van der Waals surface area contributed by atoms with Crippen molar-refractivity contribution in [3.63, 3.8) is 0 Å². The van der Waals surface area contributed by atoms with Gasteiger partial charge in [0.15, 0.2) is 17.3 Å². The molecule has 0 aliphatic heterocycles. The second kappa shape index (κ2) is 6.89. The van der Waals surface area contributed by atoms with E-state index >= 15 is 0 Å². The Bertz CT molecular complexity index is 853. The zero-order valence-electron chi connectivity index (χ0n) is 14.4. The number of benzene rings is 1. The molecule has 5 heteroatoms. The van der Waals surface area contributed by atoms with Crippen LogP contribution in [0.2, 0.25) is 0 Å². The molecule has 5 nitrogen and oxygen atoms in total. The first-order valence-corrected chi connectivity index (χ1v) is 8.08. The van der Waals surface area contributed by atoms with Gasteiger partial charge in [-0.15, -0.1) is 0 Å². The van der Waals surface area contributed by atoms with Gasteiger partial charge < -0.3 is 9.47 Å². The van der Waals surface area contributed by atoms with Crippen LogP contribution < -0.4 is 9.47 Å². The lowest BCUT2D eigenvalue weighted by molar-refractivity contribution is -0.137. The highest BCUT2D eigenvalue weighted by Gasteiger charge is 2.28. The zero-order chi connectivity index (χ0) is 18.0. The minimum absolute atomic E-state index is 0.0786. The van der Waals surface area contributed by atoms with E-state index in [1.807, 2.05) is 18.2 Å². The molecule has 1 aromatic heterocycles. The number of nitrogens with zero attached hydrogens (tertiary/aromatic N) is 1. The van der Waals surface area contributed by atoms with Crippen molar-refractivity contribution in [2.45, 2.75) is 20.3 Å². The van der Waals surface area contributed by atoms with E-state index in [9.17, 15) is 9.59 Å². The fraction of sp³-hybridized carbons (Fsp3) is 0.250. The molecule has 0 N–H and O–H groups in total. The maximum atomic E-state index is 12.7. The fourth-order valence-electron chi connectivity index (χ4n) is 2.64. The van der Waals surface area contributed by atoms with Crippen molar-refractivity contribution < 1.29 is 19.1 Å². The van der Waals surface area contributed by atoms with Gasteiger partial charge in [-0.2, -0.15) is 0 Å². The second-order valence-electron chi connectivity index (χ2n) is 6.17. The van der Waals surface area contributed by atoms with Crippen molar-refractivity contribution in [1.29, 1.82) is 0 Å². The van der Waals surface area contributed by atoms with E-state index < -0.39 is 0 Å². The van der Waals surface area contributed by atoms with Crippen LogP contribution >= 0.6 is 0 Å². The molecule has 0 saturated heterocycles. The van der Waals surface area contributed by atoms with Gasteiger partial charge in [-0.25, -0.2) is 0 Å². The predicted octanol–water partition coefficient (Wildman–Crippen LogP) is 3.47. The maximum absolute atomic E-state index is 12.7. The lowest BCUT2D eigenvalue weighted by Crippen LogP contribution is -2.15. The topological polar surface area (TPSA) is 65.5 Å². The Morgan fingerprint density at radius 1 is 1.24 bits per heavy atom. The van der Waals surface area contributed by atoms with Crippen molar-refractivity contribution in [2.24, 2.45) is 5.92 Å². The summed E-state index contributed by atoms with van der Waals surface area (Å²) in [6.45, 7) is 3.50. The third-order valence-corrected chi connectivity index (χ3v) is 4.00. The van der Waals surface area contributed by atoms with Crippen molar-refractivity contribution >= 4 is 17.8 Å². The summed E-state index contributed by atoms with van der Waals surface area (Å²) >= 11 is 0. The molecule has 0 spiro atoms. The molecule has 0 unspecified atom stereocenters. The van der Waals surface area contributed by atoms with E-state index in [-0.39, 0.29) is 23.4 Å². The van der Waals surface area contributed by atoms with Crippen molar-refractivity contribution in [1.82, 2.24) is 4.98 Å². The normalized spacial score (nSPS) is 14.7. The van der Waals surface area contributed by atoms with Gasteiger partial charge in [-0.3, -0.25) is 14.6 Å². The number of rotatable bonds is 4. The summed E-state index contributed by atoms with van der Waals surface area (Å²) in [7, 11) is 1.51. The fourth-order valence-corrected chi connectivity index (χ4v) is 2.64. The highest BCUT2D eigenvalue weighted by atomic mass is 16.6. The number of fused-ring (bicyclic) bond motifs is 1. The number of carbonyl (C=O) groups is 2. The number of allylic oxidation sites excluding steroid dienone is 1. The van der Waals surface area contributed by atoms with Crippen molar-refractivity contribution in [3.8, 4) is 11.5 Å².